The summed E-state index contributed by atoms with van der Waals surface area (Å²) in [6.07, 6.45) is 4.35. The molecule has 1 N–H and O–H groups in total. The van der Waals surface area contributed by atoms with E-state index >= 15 is 0 Å². The molecule has 1 aliphatic heterocycles. The normalized spacial score (nSPS) is 15.6. The van der Waals surface area contributed by atoms with Crippen LogP contribution < -0.4 is 5.32 Å². The van der Waals surface area contributed by atoms with Crippen molar-refractivity contribution in [3.8, 4) is 0 Å². The van der Waals surface area contributed by atoms with Gasteiger partial charge in [0.1, 0.15) is 5.82 Å². The fourth-order valence-electron chi connectivity index (χ4n) is 3.97. The summed E-state index contributed by atoms with van der Waals surface area (Å²) in [5.41, 5.74) is 2.52. The second-order valence-corrected chi connectivity index (χ2v) is 7.92. The van der Waals surface area contributed by atoms with E-state index in [0.29, 0.717) is 42.2 Å². The zero-order valence-electron chi connectivity index (χ0n) is 17.9. The third-order valence-electron chi connectivity index (χ3n) is 5.69. The summed E-state index contributed by atoms with van der Waals surface area (Å²) in [7, 11) is 0. The van der Waals surface area contributed by atoms with E-state index in [4.69, 9.17) is 0 Å². The Kier molecular flexibility index (Phi) is 6.54. The van der Waals surface area contributed by atoms with Crippen LogP contribution >= 0.6 is 0 Å². The number of hydrogen-bond acceptors (Lipinski definition) is 4. The van der Waals surface area contributed by atoms with E-state index in [1.54, 1.807) is 6.92 Å². The Hall–Kier alpha value is -3.61. The Morgan fingerprint density at radius 2 is 1.88 bits per heavy atom. The summed E-state index contributed by atoms with van der Waals surface area (Å²) in [6.45, 7) is 2.44. The molecule has 2 heterocycles. The van der Waals surface area contributed by atoms with Crippen molar-refractivity contribution in [3.63, 3.8) is 0 Å². The SMILES string of the molecule is Cc1nc(C2CCCN2C(=O)CCc2ccccc2)ncc1C(=O)Nc1ccc(F)cc1. The molecule has 1 fully saturated rings. The molecule has 0 saturated carbocycles. The summed E-state index contributed by atoms with van der Waals surface area (Å²) in [5, 5.41) is 2.72. The lowest BCUT2D eigenvalue weighted by molar-refractivity contribution is -0.132. The zero-order valence-corrected chi connectivity index (χ0v) is 17.9. The Bertz CT molecular complexity index is 1100. The van der Waals surface area contributed by atoms with Crippen molar-refractivity contribution in [3.05, 3.63) is 89.3 Å². The maximum absolute atomic E-state index is 13.1. The zero-order chi connectivity index (χ0) is 22.5. The van der Waals surface area contributed by atoms with Crippen molar-refractivity contribution in [2.45, 2.75) is 38.6 Å². The monoisotopic (exact) mass is 432 g/mol. The second-order valence-electron chi connectivity index (χ2n) is 7.92. The van der Waals surface area contributed by atoms with Crippen LogP contribution in [0.1, 0.15) is 52.7 Å². The average Bonchev–Trinajstić information content (AvgIpc) is 3.30. The number of benzene rings is 2. The van der Waals surface area contributed by atoms with Crippen LogP contribution in [0.4, 0.5) is 10.1 Å². The van der Waals surface area contributed by atoms with Crippen molar-refractivity contribution in [1.82, 2.24) is 14.9 Å². The highest BCUT2D eigenvalue weighted by molar-refractivity contribution is 6.04. The van der Waals surface area contributed by atoms with Gasteiger partial charge in [0.15, 0.2) is 5.82 Å². The summed E-state index contributed by atoms with van der Waals surface area (Å²) >= 11 is 0. The van der Waals surface area contributed by atoms with Gasteiger partial charge in [-0.1, -0.05) is 30.3 Å². The molecule has 3 aromatic rings. The molecule has 1 aliphatic rings. The standard InChI is InChI=1S/C25H25FN4O2/c1-17-21(25(32)29-20-12-10-19(26)11-13-20)16-27-24(28-17)22-8-5-15-30(22)23(31)14-9-18-6-3-2-4-7-18/h2-4,6-7,10-13,16,22H,5,8-9,14-15H2,1H3,(H,29,32). The van der Waals surface area contributed by atoms with Gasteiger partial charge in [0.05, 0.1) is 17.3 Å². The smallest absolute Gasteiger partial charge is 0.259 e. The molecule has 1 saturated heterocycles. The van der Waals surface area contributed by atoms with E-state index < -0.39 is 0 Å². The third kappa shape index (κ3) is 4.99. The highest BCUT2D eigenvalue weighted by Crippen LogP contribution is 2.31. The molecule has 32 heavy (non-hydrogen) atoms. The molecule has 164 valence electrons. The number of halogens is 1. The van der Waals surface area contributed by atoms with Crippen molar-refractivity contribution in [2.24, 2.45) is 0 Å². The third-order valence-corrected chi connectivity index (χ3v) is 5.69. The lowest BCUT2D eigenvalue weighted by atomic mass is 10.1. The van der Waals surface area contributed by atoms with Gasteiger partial charge in [0.2, 0.25) is 5.91 Å². The van der Waals surface area contributed by atoms with Crippen molar-refractivity contribution < 1.29 is 14.0 Å². The van der Waals surface area contributed by atoms with Crippen LogP contribution in [0.3, 0.4) is 0 Å². The molecule has 0 aliphatic carbocycles. The van der Waals surface area contributed by atoms with Gasteiger partial charge in [-0.25, -0.2) is 14.4 Å². The molecule has 2 aromatic carbocycles. The molecule has 2 amide bonds. The minimum atomic E-state index is -0.369. The van der Waals surface area contributed by atoms with E-state index in [1.807, 2.05) is 35.2 Å². The Morgan fingerprint density at radius 1 is 1.12 bits per heavy atom. The molecular formula is C25H25FN4O2. The van der Waals surface area contributed by atoms with Crippen molar-refractivity contribution in [1.29, 1.82) is 0 Å². The van der Waals surface area contributed by atoms with E-state index in [9.17, 15) is 14.0 Å². The average molecular weight is 432 g/mol. The van der Waals surface area contributed by atoms with Crippen LogP contribution in [0.2, 0.25) is 0 Å². The number of aromatic nitrogens is 2. The predicted octanol–water partition coefficient (Wildman–Crippen LogP) is 4.47. The fourth-order valence-corrected chi connectivity index (χ4v) is 3.97. The molecule has 7 heteroatoms. The van der Waals surface area contributed by atoms with Gasteiger partial charge in [0, 0.05) is 24.8 Å². The summed E-state index contributed by atoms with van der Waals surface area (Å²) in [5.74, 6) is -0.0729. The van der Waals surface area contributed by atoms with Crippen LogP contribution in [-0.2, 0) is 11.2 Å². The lowest BCUT2D eigenvalue weighted by Crippen LogP contribution is -2.32. The minimum Gasteiger partial charge on any atom is -0.332 e. The first-order valence-corrected chi connectivity index (χ1v) is 10.7. The maximum Gasteiger partial charge on any atom is 0.259 e. The fraction of sp³-hybridized carbons (Fsp3) is 0.280. The Labute approximate surface area is 186 Å². The minimum absolute atomic E-state index is 0.0933. The number of carbonyl (C=O) groups excluding carboxylic acids is 2. The molecule has 0 spiro atoms. The molecule has 0 bridgehead atoms. The van der Waals surface area contributed by atoms with Gasteiger partial charge in [-0.15, -0.1) is 0 Å². The van der Waals surface area contributed by atoms with Gasteiger partial charge in [0.25, 0.3) is 5.91 Å². The van der Waals surface area contributed by atoms with E-state index in [2.05, 4.69) is 15.3 Å². The number of likely N-dealkylation sites (tertiary alicyclic amines) is 1. The van der Waals surface area contributed by atoms with Crippen LogP contribution in [0, 0.1) is 12.7 Å². The lowest BCUT2D eigenvalue weighted by Gasteiger charge is -2.24. The largest absolute Gasteiger partial charge is 0.332 e. The first-order valence-electron chi connectivity index (χ1n) is 10.7. The molecule has 4 rings (SSSR count). The summed E-state index contributed by atoms with van der Waals surface area (Å²) in [4.78, 5) is 36.3. The number of rotatable bonds is 6. The van der Waals surface area contributed by atoms with Crippen LogP contribution in [0.5, 0.6) is 0 Å². The molecule has 1 unspecified atom stereocenters. The number of nitrogens with zero attached hydrogens (tertiary/aromatic N) is 3. The molecule has 6 nitrogen and oxygen atoms in total. The number of aryl methyl sites for hydroxylation is 2. The highest BCUT2D eigenvalue weighted by Gasteiger charge is 2.32. The Balaban J connectivity index is 1.43. The summed E-state index contributed by atoms with van der Waals surface area (Å²) in [6, 6.07) is 15.3. The quantitative estimate of drug-likeness (QED) is 0.624. The summed E-state index contributed by atoms with van der Waals surface area (Å²) < 4.78 is 13.1. The van der Waals surface area contributed by atoms with Gasteiger partial charge in [-0.3, -0.25) is 9.59 Å². The molecule has 1 aromatic heterocycles. The highest BCUT2D eigenvalue weighted by atomic mass is 19.1. The van der Waals surface area contributed by atoms with Crippen molar-refractivity contribution >= 4 is 17.5 Å². The van der Waals surface area contributed by atoms with E-state index in [-0.39, 0.29) is 23.7 Å². The first-order chi connectivity index (χ1) is 15.5. The van der Waals surface area contributed by atoms with Gasteiger partial charge in [-0.2, -0.15) is 0 Å². The topological polar surface area (TPSA) is 75.2 Å². The molecular weight excluding hydrogens is 407 g/mol. The molecule has 0 radical (unpaired) electrons. The number of amides is 2. The van der Waals surface area contributed by atoms with Gasteiger partial charge >= 0.3 is 0 Å². The first kappa shape index (κ1) is 21.6. The van der Waals surface area contributed by atoms with Crippen LogP contribution in [-0.4, -0.2) is 33.2 Å². The molecule has 1 atom stereocenters. The van der Waals surface area contributed by atoms with Crippen LogP contribution in [0.15, 0.2) is 60.8 Å². The van der Waals surface area contributed by atoms with Crippen LogP contribution in [0.25, 0.3) is 0 Å². The van der Waals surface area contributed by atoms with E-state index in [1.165, 1.54) is 30.5 Å². The number of hydrogen-bond donors (Lipinski definition) is 1. The van der Waals surface area contributed by atoms with Gasteiger partial charge < -0.3 is 10.2 Å². The number of carbonyl (C=O) groups is 2. The Morgan fingerprint density at radius 3 is 2.59 bits per heavy atom. The number of nitrogens with one attached hydrogen (secondary N) is 1. The van der Waals surface area contributed by atoms with Crippen molar-refractivity contribution in [2.75, 3.05) is 11.9 Å². The van der Waals surface area contributed by atoms with Gasteiger partial charge in [-0.05, 0) is 56.0 Å². The predicted molar refractivity (Wildman–Crippen MR) is 120 cm³/mol. The maximum atomic E-state index is 13.1. The van der Waals surface area contributed by atoms with E-state index in [0.717, 1.165) is 18.4 Å². The number of anilines is 1. The second kappa shape index (κ2) is 9.68.